The predicted molar refractivity (Wildman–Crippen MR) is 142 cm³/mol. The van der Waals surface area contributed by atoms with Crippen LogP contribution in [0.3, 0.4) is 0 Å². The molecule has 0 spiro atoms. The molecule has 1 fully saturated rings. The van der Waals surface area contributed by atoms with Crippen molar-refractivity contribution < 1.29 is 18.0 Å². The van der Waals surface area contributed by atoms with Gasteiger partial charge in [-0.2, -0.15) is 13.2 Å². The molecule has 2 heterocycles. The summed E-state index contributed by atoms with van der Waals surface area (Å²) in [6.07, 6.45) is 0.359. The van der Waals surface area contributed by atoms with Crippen LogP contribution in [-0.2, 0) is 6.18 Å². The second-order valence-electron chi connectivity index (χ2n) is 9.50. The number of hydrogen-bond donors (Lipinski definition) is 2. The minimum Gasteiger partial charge on any atom is -0.368 e. The molecule has 0 saturated carbocycles. The topological polar surface area (TPSA) is 87.4 Å². The van der Waals surface area contributed by atoms with Gasteiger partial charge in [0, 0.05) is 42.7 Å². The Balaban J connectivity index is 1.64. The van der Waals surface area contributed by atoms with Crippen LogP contribution in [-0.4, -0.2) is 54.0 Å². The van der Waals surface area contributed by atoms with E-state index in [1.807, 2.05) is 25.9 Å². The number of nitrogens with two attached hydrogens (primary N) is 1. The van der Waals surface area contributed by atoms with Gasteiger partial charge in [-0.1, -0.05) is 17.9 Å². The zero-order chi connectivity index (χ0) is 27.4. The zero-order valence-corrected chi connectivity index (χ0v) is 21.4. The lowest BCUT2D eigenvalue weighted by Gasteiger charge is -2.38. The van der Waals surface area contributed by atoms with Gasteiger partial charge in [-0.25, -0.2) is 9.97 Å². The van der Waals surface area contributed by atoms with Gasteiger partial charge in [-0.15, -0.1) is 0 Å². The zero-order valence-electron chi connectivity index (χ0n) is 21.4. The summed E-state index contributed by atoms with van der Waals surface area (Å²) in [5.41, 5.74) is 7.64. The molecule has 198 valence electrons. The molecule has 0 aliphatic carbocycles. The third kappa shape index (κ3) is 6.42. The lowest BCUT2D eigenvalue weighted by atomic mass is 10.0. The van der Waals surface area contributed by atoms with Crippen LogP contribution in [0.2, 0.25) is 0 Å². The minimum atomic E-state index is -4.54. The number of benzene rings is 2. The van der Waals surface area contributed by atoms with E-state index in [1.165, 1.54) is 18.5 Å². The first-order chi connectivity index (χ1) is 18.0. The number of amides is 1. The Bertz CT molecular complexity index is 1380. The van der Waals surface area contributed by atoms with Crippen LogP contribution in [0.1, 0.15) is 45.5 Å². The summed E-state index contributed by atoms with van der Waals surface area (Å²) in [6.45, 7) is 3.20. The number of carbonyl (C=O) groups excluding carboxylic acids is 1. The Morgan fingerprint density at radius 1 is 1.13 bits per heavy atom. The van der Waals surface area contributed by atoms with Gasteiger partial charge in [0.2, 0.25) is 5.95 Å². The molecule has 38 heavy (non-hydrogen) atoms. The molecule has 2 aromatic carbocycles. The molecular formula is C28H29F3N6O. The molecule has 3 aromatic rings. The van der Waals surface area contributed by atoms with E-state index in [9.17, 15) is 18.0 Å². The number of aromatic nitrogens is 2. The van der Waals surface area contributed by atoms with E-state index < -0.39 is 17.6 Å². The molecule has 1 amide bonds. The van der Waals surface area contributed by atoms with Crippen molar-refractivity contribution in [3.63, 3.8) is 0 Å². The number of carbonyl (C=O) groups is 1. The number of anilines is 3. The summed E-state index contributed by atoms with van der Waals surface area (Å²) >= 11 is 0. The van der Waals surface area contributed by atoms with Gasteiger partial charge in [0.25, 0.3) is 5.91 Å². The summed E-state index contributed by atoms with van der Waals surface area (Å²) in [6, 6.07) is 8.76. The van der Waals surface area contributed by atoms with E-state index in [0.717, 1.165) is 30.5 Å². The average Bonchev–Trinajstić information content (AvgIpc) is 2.88. The molecular weight excluding hydrogens is 493 g/mol. The maximum Gasteiger partial charge on any atom is 0.416 e. The van der Waals surface area contributed by atoms with Crippen molar-refractivity contribution in [3.8, 4) is 11.8 Å². The van der Waals surface area contributed by atoms with Crippen molar-refractivity contribution >= 4 is 23.2 Å². The second kappa shape index (κ2) is 11.1. The van der Waals surface area contributed by atoms with Gasteiger partial charge >= 0.3 is 6.18 Å². The van der Waals surface area contributed by atoms with Gasteiger partial charge in [-0.05, 0) is 69.8 Å². The van der Waals surface area contributed by atoms with Crippen LogP contribution in [0.15, 0.2) is 48.8 Å². The van der Waals surface area contributed by atoms with Gasteiger partial charge in [0.15, 0.2) is 0 Å². The molecule has 1 aliphatic rings. The molecule has 1 saturated heterocycles. The van der Waals surface area contributed by atoms with Gasteiger partial charge < -0.3 is 20.9 Å². The summed E-state index contributed by atoms with van der Waals surface area (Å²) in [7, 11) is 3.98. The Labute approximate surface area is 219 Å². The van der Waals surface area contributed by atoms with E-state index in [4.69, 9.17) is 5.73 Å². The van der Waals surface area contributed by atoms with Gasteiger partial charge in [0.1, 0.15) is 0 Å². The van der Waals surface area contributed by atoms with E-state index in [0.29, 0.717) is 29.9 Å². The highest BCUT2D eigenvalue weighted by molar-refractivity contribution is 6.06. The second-order valence-corrected chi connectivity index (χ2v) is 9.50. The van der Waals surface area contributed by atoms with Crippen LogP contribution < -0.4 is 16.0 Å². The van der Waals surface area contributed by atoms with Gasteiger partial charge in [0.05, 0.1) is 22.5 Å². The lowest BCUT2D eigenvalue weighted by molar-refractivity contribution is -0.137. The summed E-state index contributed by atoms with van der Waals surface area (Å²) in [5, 5.41) is 2.73. The first-order valence-electron chi connectivity index (χ1n) is 12.2. The fourth-order valence-electron chi connectivity index (χ4n) is 4.32. The number of nitrogen functional groups attached to an aromatic ring is 1. The summed E-state index contributed by atoms with van der Waals surface area (Å²) in [5.74, 6) is 5.56. The third-order valence-electron chi connectivity index (χ3n) is 6.55. The van der Waals surface area contributed by atoms with Crippen LogP contribution in [0.4, 0.5) is 30.5 Å². The molecule has 1 aromatic heterocycles. The van der Waals surface area contributed by atoms with Crippen LogP contribution in [0.5, 0.6) is 0 Å². The maximum absolute atomic E-state index is 13.6. The number of likely N-dealkylation sites (N-methyl/N-ethyl adjacent to an activating group) is 1. The number of nitrogens with zero attached hydrogens (tertiary/aromatic N) is 4. The predicted octanol–water partition coefficient (Wildman–Crippen LogP) is 4.57. The van der Waals surface area contributed by atoms with E-state index in [1.54, 1.807) is 18.2 Å². The van der Waals surface area contributed by atoms with Crippen molar-refractivity contribution in [3.05, 3.63) is 76.6 Å². The highest BCUT2D eigenvalue weighted by Crippen LogP contribution is 2.37. The first kappa shape index (κ1) is 26.9. The van der Waals surface area contributed by atoms with E-state index in [2.05, 4.69) is 32.0 Å². The van der Waals surface area contributed by atoms with E-state index in [-0.39, 0.29) is 23.2 Å². The molecule has 0 unspecified atom stereocenters. The van der Waals surface area contributed by atoms with Gasteiger partial charge in [-0.3, -0.25) is 4.79 Å². The maximum atomic E-state index is 13.6. The monoisotopic (exact) mass is 522 g/mol. The highest BCUT2D eigenvalue weighted by atomic mass is 19.4. The van der Waals surface area contributed by atoms with E-state index >= 15 is 0 Å². The molecule has 0 radical (unpaired) electrons. The van der Waals surface area contributed by atoms with Crippen molar-refractivity contribution in [2.24, 2.45) is 0 Å². The summed E-state index contributed by atoms with van der Waals surface area (Å²) < 4.78 is 40.7. The average molecular weight is 523 g/mol. The standard InChI is InChI=1S/C28H29F3N6O/c1-18-6-8-21(13-20(18)9-7-19-15-33-27(32)34-16-19)26(38)35-24-14-22(28(29,30)31)10-11-25(24)37-12-4-5-23(17-37)36(2)3/h6,8,10-11,13-16,23H,4-5,12,17H2,1-3H3,(H,35,38)(H2,32,33,34)/t23-/m0/s1. The molecule has 1 atom stereocenters. The number of alkyl halides is 3. The Morgan fingerprint density at radius 3 is 2.55 bits per heavy atom. The number of piperidine rings is 1. The molecule has 1 aliphatic heterocycles. The molecule has 0 bridgehead atoms. The third-order valence-corrected chi connectivity index (χ3v) is 6.55. The Morgan fingerprint density at radius 2 is 1.87 bits per heavy atom. The lowest BCUT2D eigenvalue weighted by Crippen LogP contribution is -2.45. The molecule has 4 rings (SSSR count). The number of nitrogens with one attached hydrogen (secondary N) is 1. The van der Waals surface area contributed by atoms with Crippen molar-refractivity contribution in [2.45, 2.75) is 32.0 Å². The fraction of sp³-hybridized carbons (Fsp3) is 0.321. The number of aryl methyl sites for hydroxylation is 1. The van der Waals surface area contributed by atoms with Crippen molar-refractivity contribution in [2.75, 3.05) is 43.1 Å². The van der Waals surface area contributed by atoms with Crippen LogP contribution in [0.25, 0.3) is 0 Å². The smallest absolute Gasteiger partial charge is 0.368 e. The van der Waals surface area contributed by atoms with Crippen molar-refractivity contribution in [1.29, 1.82) is 0 Å². The molecule has 7 nitrogen and oxygen atoms in total. The first-order valence-corrected chi connectivity index (χ1v) is 12.2. The molecule has 10 heteroatoms. The summed E-state index contributed by atoms with van der Waals surface area (Å²) in [4.78, 5) is 25.2. The molecule has 3 N–H and O–H groups in total. The highest BCUT2D eigenvalue weighted by Gasteiger charge is 2.32. The SMILES string of the molecule is Cc1ccc(C(=O)Nc2cc(C(F)(F)F)ccc2N2CCC[C@H](N(C)C)C2)cc1C#Cc1cnc(N)nc1. The fourth-order valence-corrected chi connectivity index (χ4v) is 4.32. The quantitative estimate of drug-likeness (QED) is 0.489. The number of hydrogen-bond acceptors (Lipinski definition) is 6. The Kier molecular flexibility index (Phi) is 7.88. The Hall–Kier alpha value is -4.10. The minimum absolute atomic E-state index is 0.122. The number of rotatable bonds is 4. The van der Waals surface area contributed by atoms with Crippen LogP contribution in [0, 0.1) is 18.8 Å². The van der Waals surface area contributed by atoms with Crippen LogP contribution >= 0.6 is 0 Å². The normalized spacial score (nSPS) is 15.7. The largest absolute Gasteiger partial charge is 0.416 e. The number of halogens is 3. The van der Waals surface area contributed by atoms with Crippen molar-refractivity contribution in [1.82, 2.24) is 14.9 Å².